The summed E-state index contributed by atoms with van der Waals surface area (Å²) >= 11 is 1.16. The quantitative estimate of drug-likeness (QED) is 0.343. The number of rotatable bonds is 6. The maximum atomic E-state index is 13.3. The summed E-state index contributed by atoms with van der Waals surface area (Å²) in [5.74, 6) is 0.646. The number of nitrogens with zero attached hydrogens (tertiary/aromatic N) is 2. The number of hydrogen-bond acceptors (Lipinski definition) is 6. The van der Waals surface area contributed by atoms with Crippen LogP contribution in [0.15, 0.2) is 76.7 Å². The molecule has 1 N–H and O–H groups in total. The minimum Gasteiger partial charge on any atom is -0.454 e. The molecule has 0 atom stereocenters. The van der Waals surface area contributed by atoms with E-state index in [2.05, 4.69) is 10.3 Å². The number of fused-ring (bicyclic) bond motifs is 2. The third-order valence-corrected chi connectivity index (χ3v) is 6.05. The fourth-order valence-electron chi connectivity index (χ4n) is 3.47. The highest BCUT2D eigenvalue weighted by atomic mass is 32.2. The third kappa shape index (κ3) is 4.54. The van der Waals surface area contributed by atoms with E-state index in [1.54, 1.807) is 54.6 Å². The number of nitrogens with one attached hydrogen (secondary N) is 1. The zero-order valence-corrected chi connectivity index (χ0v) is 18.1. The third-order valence-electron chi connectivity index (χ3n) is 5.07. The summed E-state index contributed by atoms with van der Waals surface area (Å²) in [7, 11) is 0. The van der Waals surface area contributed by atoms with Crippen molar-refractivity contribution in [3.8, 4) is 11.5 Å². The molecule has 1 aromatic heterocycles. The Kier molecular flexibility index (Phi) is 5.70. The number of carbonyl (C=O) groups is 1. The molecular weight excluding hydrogens is 445 g/mol. The van der Waals surface area contributed by atoms with Gasteiger partial charge in [-0.15, -0.1) is 0 Å². The molecule has 0 spiro atoms. The van der Waals surface area contributed by atoms with Gasteiger partial charge < -0.3 is 14.8 Å². The molecule has 3 aromatic carbocycles. The van der Waals surface area contributed by atoms with Crippen LogP contribution in [0.1, 0.15) is 5.56 Å². The number of aromatic nitrogens is 2. The van der Waals surface area contributed by atoms with Crippen LogP contribution in [0.2, 0.25) is 0 Å². The smallest absolute Gasteiger partial charge is 0.262 e. The normalized spacial score (nSPS) is 12.2. The van der Waals surface area contributed by atoms with Gasteiger partial charge in [-0.05, 0) is 42.0 Å². The van der Waals surface area contributed by atoms with Crippen molar-refractivity contribution in [3.63, 3.8) is 0 Å². The molecule has 1 aliphatic heterocycles. The first-order valence-electron chi connectivity index (χ1n) is 10.1. The first kappa shape index (κ1) is 21.0. The molecule has 7 nitrogen and oxygen atoms in total. The number of halogens is 1. The molecule has 5 rings (SSSR count). The maximum absolute atomic E-state index is 13.3. The number of hydrogen-bond donors (Lipinski definition) is 1. The van der Waals surface area contributed by atoms with Crippen molar-refractivity contribution in [2.24, 2.45) is 0 Å². The van der Waals surface area contributed by atoms with E-state index >= 15 is 0 Å². The van der Waals surface area contributed by atoms with Crippen molar-refractivity contribution in [1.29, 1.82) is 0 Å². The highest BCUT2D eigenvalue weighted by Gasteiger charge is 2.16. The van der Waals surface area contributed by atoms with Gasteiger partial charge >= 0.3 is 0 Å². The average Bonchev–Trinajstić information content (AvgIpc) is 3.29. The molecule has 0 saturated heterocycles. The molecule has 9 heteroatoms. The Morgan fingerprint density at radius 2 is 1.85 bits per heavy atom. The van der Waals surface area contributed by atoms with Gasteiger partial charge in [0, 0.05) is 11.8 Å². The molecule has 1 amide bonds. The molecular formula is C24H18FN3O4S. The van der Waals surface area contributed by atoms with Crippen molar-refractivity contribution in [1.82, 2.24) is 9.55 Å². The second-order valence-corrected chi connectivity index (χ2v) is 8.28. The van der Waals surface area contributed by atoms with Crippen molar-refractivity contribution in [2.75, 3.05) is 17.9 Å². The predicted molar refractivity (Wildman–Crippen MR) is 123 cm³/mol. The van der Waals surface area contributed by atoms with Crippen LogP contribution in [-0.4, -0.2) is 28.0 Å². The van der Waals surface area contributed by atoms with Gasteiger partial charge in [-0.25, -0.2) is 9.37 Å². The Morgan fingerprint density at radius 3 is 2.70 bits per heavy atom. The van der Waals surface area contributed by atoms with Crippen LogP contribution in [0.5, 0.6) is 11.5 Å². The van der Waals surface area contributed by atoms with E-state index in [4.69, 9.17) is 9.47 Å². The summed E-state index contributed by atoms with van der Waals surface area (Å²) in [5.41, 5.74) is 1.67. The van der Waals surface area contributed by atoms with Crippen molar-refractivity contribution >= 4 is 34.3 Å². The molecule has 2 heterocycles. The van der Waals surface area contributed by atoms with Gasteiger partial charge in [0.25, 0.3) is 5.56 Å². The second kappa shape index (κ2) is 8.95. The topological polar surface area (TPSA) is 82.5 Å². The summed E-state index contributed by atoms with van der Waals surface area (Å²) in [5, 5.41) is 3.70. The van der Waals surface area contributed by atoms with E-state index in [1.165, 1.54) is 16.7 Å². The van der Waals surface area contributed by atoms with Crippen LogP contribution in [0.4, 0.5) is 10.1 Å². The summed E-state index contributed by atoms with van der Waals surface area (Å²) in [6.07, 6.45) is 0. The number of thioether (sulfide) groups is 1. The molecule has 33 heavy (non-hydrogen) atoms. The maximum Gasteiger partial charge on any atom is 0.262 e. The number of benzene rings is 3. The Bertz CT molecular complexity index is 1410. The number of anilines is 1. The van der Waals surface area contributed by atoms with Gasteiger partial charge in [0.2, 0.25) is 12.7 Å². The Labute approximate surface area is 192 Å². The second-order valence-electron chi connectivity index (χ2n) is 7.33. The summed E-state index contributed by atoms with van der Waals surface area (Å²) < 4.78 is 25.4. The summed E-state index contributed by atoms with van der Waals surface area (Å²) in [6, 6.07) is 18.2. The van der Waals surface area contributed by atoms with Gasteiger partial charge in [0.05, 0.1) is 23.2 Å². The van der Waals surface area contributed by atoms with Crippen LogP contribution >= 0.6 is 11.8 Å². The van der Waals surface area contributed by atoms with Gasteiger partial charge in [-0.2, -0.15) is 0 Å². The fourth-order valence-corrected chi connectivity index (χ4v) is 4.27. The van der Waals surface area contributed by atoms with Gasteiger partial charge in [-0.3, -0.25) is 14.2 Å². The highest BCUT2D eigenvalue weighted by molar-refractivity contribution is 7.99. The van der Waals surface area contributed by atoms with Crippen LogP contribution in [-0.2, 0) is 11.3 Å². The fraction of sp³-hybridized carbons (Fsp3) is 0.125. The molecule has 0 aliphatic carbocycles. The first-order valence-corrected chi connectivity index (χ1v) is 11.1. The lowest BCUT2D eigenvalue weighted by atomic mass is 10.2. The van der Waals surface area contributed by atoms with E-state index in [0.717, 1.165) is 17.3 Å². The number of ether oxygens (including phenoxy) is 2. The highest BCUT2D eigenvalue weighted by Crippen LogP contribution is 2.34. The Hall–Kier alpha value is -3.85. The van der Waals surface area contributed by atoms with E-state index in [1.807, 2.05) is 0 Å². The summed E-state index contributed by atoms with van der Waals surface area (Å²) in [6.45, 7) is 0.366. The monoisotopic (exact) mass is 463 g/mol. The van der Waals surface area contributed by atoms with E-state index in [0.29, 0.717) is 33.2 Å². The van der Waals surface area contributed by atoms with Crippen LogP contribution in [0.25, 0.3) is 10.9 Å². The van der Waals surface area contributed by atoms with Crippen molar-refractivity contribution < 1.29 is 18.7 Å². The standard InChI is InChI=1S/C24H18FN3O4S/c25-16-7-5-15(6-8-16)12-28-23(30)18-3-1-2-4-19(18)27-24(28)33-13-22(29)26-17-9-10-20-21(11-17)32-14-31-20/h1-11H,12-14H2,(H,26,29). The lowest BCUT2D eigenvalue weighted by Crippen LogP contribution is -2.25. The first-order chi connectivity index (χ1) is 16.1. The van der Waals surface area contributed by atoms with Gasteiger partial charge in [-0.1, -0.05) is 36.0 Å². The average molecular weight is 463 g/mol. The molecule has 0 saturated carbocycles. The van der Waals surface area contributed by atoms with Gasteiger partial charge in [0.15, 0.2) is 16.7 Å². The number of amides is 1. The minimum absolute atomic E-state index is 0.0443. The molecule has 166 valence electrons. The molecule has 1 aliphatic rings. The van der Waals surface area contributed by atoms with E-state index in [9.17, 15) is 14.0 Å². The minimum atomic E-state index is -0.350. The largest absolute Gasteiger partial charge is 0.454 e. The van der Waals surface area contributed by atoms with Crippen LogP contribution in [0, 0.1) is 5.82 Å². The molecule has 0 radical (unpaired) electrons. The lowest BCUT2D eigenvalue weighted by molar-refractivity contribution is -0.113. The zero-order chi connectivity index (χ0) is 22.8. The van der Waals surface area contributed by atoms with Crippen molar-refractivity contribution in [3.05, 3.63) is 88.5 Å². The Balaban J connectivity index is 1.38. The lowest BCUT2D eigenvalue weighted by Gasteiger charge is -2.13. The predicted octanol–water partition coefficient (Wildman–Crippen LogP) is 4.04. The zero-order valence-electron chi connectivity index (χ0n) is 17.3. The molecule has 0 fully saturated rings. The summed E-state index contributed by atoms with van der Waals surface area (Å²) in [4.78, 5) is 30.4. The molecule has 4 aromatic rings. The van der Waals surface area contributed by atoms with Crippen molar-refractivity contribution in [2.45, 2.75) is 11.7 Å². The van der Waals surface area contributed by atoms with Crippen LogP contribution < -0.4 is 20.3 Å². The SMILES string of the molecule is O=C(CSc1nc2ccccc2c(=O)n1Cc1ccc(F)cc1)Nc1ccc2c(c1)OCO2. The number of carbonyl (C=O) groups excluding carboxylic acids is 1. The molecule has 0 bridgehead atoms. The van der Waals surface area contributed by atoms with E-state index in [-0.39, 0.29) is 36.4 Å². The van der Waals surface area contributed by atoms with E-state index < -0.39 is 0 Å². The Morgan fingerprint density at radius 1 is 1.06 bits per heavy atom. The van der Waals surface area contributed by atoms with Gasteiger partial charge in [0.1, 0.15) is 5.82 Å². The molecule has 0 unspecified atom stereocenters. The number of para-hydroxylation sites is 1. The van der Waals surface area contributed by atoms with Crippen LogP contribution in [0.3, 0.4) is 0 Å².